The number of amides is 2. The molecule has 2 N–H and O–H groups in total. The van der Waals surface area contributed by atoms with Gasteiger partial charge in [-0.3, -0.25) is 9.59 Å². The third kappa shape index (κ3) is 2.61. The van der Waals surface area contributed by atoms with Crippen LogP contribution >= 0.6 is 0 Å². The van der Waals surface area contributed by atoms with Gasteiger partial charge >= 0.3 is 0 Å². The van der Waals surface area contributed by atoms with Gasteiger partial charge in [-0.15, -0.1) is 0 Å². The largest absolute Gasteiger partial charge is 0.399 e. The molecule has 0 spiro atoms. The second-order valence-corrected chi connectivity index (χ2v) is 5.65. The molecule has 0 heterocycles. The Morgan fingerprint density at radius 2 is 1.70 bits per heavy atom. The van der Waals surface area contributed by atoms with Gasteiger partial charge < -0.3 is 15.5 Å². The number of nitrogens with zero attached hydrogens (tertiary/aromatic N) is 2. The van der Waals surface area contributed by atoms with Crippen LogP contribution in [0.25, 0.3) is 0 Å². The van der Waals surface area contributed by atoms with Gasteiger partial charge in [0.2, 0.25) is 11.8 Å². The van der Waals surface area contributed by atoms with E-state index in [-0.39, 0.29) is 18.4 Å². The summed E-state index contributed by atoms with van der Waals surface area (Å²) in [6, 6.07) is 7.44. The van der Waals surface area contributed by atoms with E-state index in [2.05, 4.69) is 0 Å². The summed E-state index contributed by atoms with van der Waals surface area (Å²) in [6.45, 7) is 0.114. The molecule has 108 valence electrons. The van der Waals surface area contributed by atoms with E-state index in [1.807, 2.05) is 24.3 Å². The smallest absolute Gasteiger partial charge is 0.241 e. The van der Waals surface area contributed by atoms with Crippen LogP contribution < -0.4 is 5.73 Å². The van der Waals surface area contributed by atoms with Gasteiger partial charge in [0, 0.05) is 26.8 Å². The van der Waals surface area contributed by atoms with Crippen molar-refractivity contribution >= 4 is 17.5 Å². The van der Waals surface area contributed by atoms with Crippen LogP contribution in [0.4, 0.5) is 5.69 Å². The molecule has 0 unspecified atom stereocenters. The first kappa shape index (κ1) is 14.4. The van der Waals surface area contributed by atoms with Gasteiger partial charge in [-0.2, -0.15) is 0 Å². The Bertz CT molecular complexity index is 518. The van der Waals surface area contributed by atoms with Gasteiger partial charge in [-0.1, -0.05) is 12.1 Å². The summed E-state index contributed by atoms with van der Waals surface area (Å²) in [5.74, 6) is -0.0635. The maximum Gasteiger partial charge on any atom is 0.241 e. The predicted octanol–water partition coefficient (Wildman–Crippen LogP) is 0.847. The lowest BCUT2D eigenvalue weighted by Gasteiger charge is -2.24. The first-order valence-electron chi connectivity index (χ1n) is 6.68. The molecule has 0 radical (unpaired) electrons. The topological polar surface area (TPSA) is 66.6 Å². The van der Waals surface area contributed by atoms with Gasteiger partial charge in [0.25, 0.3) is 0 Å². The van der Waals surface area contributed by atoms with E-state index in [0.717, 1.165) is 18.4 Å². The van der Waals surface area contributed by atoms with Crippen LogP contribution in [0.2, 0.25) is 0 Å². The Kier molecular flexibility index (Phi) is 3.70. The van der Waals surface area contributed by atoms with Crippen molar-refractivity contribution in [1.29, 1.82) is 0 Å². The van der Waals surface area contributed by atoms with Crippen LogP contribution in [-0.4, -0.2) is 49.3 Å². The second kappa shape index (κ2) is 5.15. The lowest BCUT2D eigenvalue weighted by molar-refractivity contribution is -0.139. The zero-order chi connectivity index (χ0) is 14.9. The normalized spacial score (nSPS) is 15.6. The summed E-state index contributed by atoms with van der Waals surface area (Å²) >= 11 is 0. The van der Waals surface area contributed by atoms with Crippen molar-refractivity contribution < 1.29 is 9.59 Å². The van der Waals surface area contributed by atoms with Crippen molar-refractivity contribution in [3.63, 3.8) is 0 Å². The highest BCUT2D eigenvalue weighted by molar-refractivity contribution is 5.93. The first-order chi connectivity index (χ1) is 9.36. The van der Waals surface area contributed by atoms with Crippen LogP contribution in [0.3, 0.4) is 0 Å². The molecule has 5 nitrogen and oxygen atoms in total. The van der Waals surface area contributed by atoms with Crippen molar-refractivity contribution in [3.05, 3.63) is 29.8 Å². The minimum Gasteiger partial charge on any atom is -0.399 e. The Balaban J connectivity index is 2.12. The van der Waals surface area contributed by atoms with Crippen molar-refractivity contribution in [1.82, 2.24) is 9.80 Å². The molecule has 1 saturated carbocycles. The zero-order valence-electron chi connectivity index (χ0n) is 12.2. The van der Waals surface area contributed by atoms with Gasteiger partial charge in [0.05, 0.1) is 12.0 Å². The molecule has 1 aromatic rings. The van der Waals surface area contributed by atoms with E-state index >= 15 is 0 Å². The number of benzene rings is 1. The second-order valence-electron chi connectivity index (χ2n) is 5.65. The number of nitrogen functional groups attached to an aromatic ring is 1. The fourth-order valence-corrected chi connectivity index (χ4v) is 2.33. The van der Waals surface area contributed by atoms with Crippen LogP contribution in [-0.2, 0) is 15.0 Å². The lowest BCUT2D eigenvalue weighted by atomic mass is 9.94. The zero-order valence-corrected chi connectivity index (χ0v) is 12.2. The monoisotopic (exact) mass is 275 g/mol. The predicted molar refractivity (Wildman–Crippen MR) is 78.1 cm³/mol. The van der Waals surface area contributed by atoms with Crippen molar-refractivity contribution in [2.24, 2.45) is 0 Å². The summed E-state index contributed by atoms with van der Waals surface area (Å²) < 4.78 is 0. The number of hydrogen-bond acceptors (Lipinski definition) is 3. The van der Waals surface area contributed by atoms with Gasteiger partial charge in [0.15, 0.2) is 0 Å². The number of carbonyl (C=O) groups excluding carboxylic acids is 2. The first-order valence-corrected chi connectivity index (χ1v) is 6.68. The molecular weight excluding hydrogens is 254 g/mol. The number of nitrogens with two attached hydrogens (primary N) is 1. The molecule has 5 heteroatoms. The van der Waals surface area contributed by atoms with Crippen LogP contribution in [0.15, 0.2) is 24.3 Å². The van der Waals surface area contributed by atoms with E-state index in [4.69, 9.17) is 5.73 Å². The third-order valence-electron chi connectivity index (χ3n) is 3.84. The number of carbonyl (C=O) groups is 2. The quantitative estimate of drug-likeness (QED) is 0.828. The van der Waals surface area contributed by atoms with Crippen molar-refractivity contribution in [2.45, 2.75) is 18.3 Å². The van der Waals surface area contributed by atoms with E-state index in [1.165, 1.54) is 9.80 Å². The average Bonchev–Trinajstić information content (AvgIpc) is 3.20. The average molecular weight is 275 g/mol. The molecule has 1 aromatic carbocycles. The molecule has 1 aliphatic rings. The van der Waals surface area contributed by atoms with Crippen LogP contribution in [0.5, 0.6) is 0 Å². The minimum atomic E-state index is -0.449. The highest BCUT2D eigenvalue weighted by Crippen LogP contribution is 2.49. The Hall–Kier alpha value is -2.04. The molecule has 0 atom stereocenters. The van der Waals surface area contributed by atoms with Crippen LogP contribution in [0.1, 0.15) is 18.4 Å². The maximum atomic E-state index is 12.6. The van der Waals surface area contributed by atoms with Gasteiger partial charge in [0.1, 0.15) is 0 Å². The Labute approximate surface area is 119 Å². The Morgan fingerprint density at radius 1 is 1.15 bits per heavy atom. The molecule has 2 rings (SSSR count). The summed E-state index contributed by atoms with van der Waals surface area (Å²) in [6.07, 6.45) is 1.66. The van der Waals surface area contributed by atoms with Crippen LogP contribution in [0, 0.1) is 0 Å². The molecule has 1 aliphatic carbocycles. The summed E-state index contributed by atoms with van der Waals surface area (Å²) in [5.41, 5.74) is 6.91. The minimum absolute atomic E-state index is 0.0115. The van der Waals surface area contributed by atoms with E-state index < -0.39 is 5.41 Å². The Morgan fingerprint density at radius 3 is 2.15 bits per heavy atom. The van der Waals surface area contributed by atoms with E-state index in [1.54, 1.807) is 21.1 Å². The number of hydrogen-bond donors (Lipinski definition) is 1. The number of likely N-dealkylation sites (N-methyl/N-ethyl adjacent to an activating group) is 2. The third-order valence-corrected chi connectivity index (χ3v) is 3.84. The van der Waals surface area contributed by atoms with Gasteiger partial charge in [-0.05, 0) is 30.5 Å². The highest BCUT2D eigenvalue weighted by Gasteiger charge is 2.52. The SMILES string of the molecule is CN(C)C(=O)CN(C)C(=O)C1(c2ccc(N)cc2)CC1. The molecule has 0 aliphatic heterocycles. The molecule has 0 aromatic heterocycles. The van der Waals surface area contributed by atoms with Gasteiger partial charge in [-0.25, -0.2) is 0 Å². The molecule has 2 amide bonds. The summed E-state index contributed by atoms with van der Waals surface area (Å²) in [4.78, 5) is 27.3. The standard InChI is InChI=1S/C15H21N3O2/c1-17(2)13(19)10-18(3)14(20)15(8-9-15)11-4-6-12(16)7-5-11/h4-7H,8-10,16H2,1-3H3. The summed E-state index contributed by atoms with van der Waals surface area (Å²) in [7, 11) is 5.06. The number of rotatable bonds is 4. The van der Waals surface area contributed by atoms with Crippen molar-refractivity contribution in [2.75, 3.05) is 33.4 Å². The number of anilines is 1. The molecule has 0 bridgehead atoms. The molecule has 1 fully saturated rings. The maximum absolute atomic E-state index is 12.6. The highest BCUT2D eigenvalue weighted by atomic mass is 16.2. The van der Waals surface area contributed by atoms with E-state index in [0.29, 0.717) is 5.69 Å². The van der Waals surface area contributed by atoms with Crippen molar-refractivity contribution in [3.8, 4) is 0 Å². The summed E-state index contributed by atoms with van der Waals surface area (Å²) in [5, 5.41) is 0. The molecular formula is C15H21N3O2. The molecule has 0 saturated heterocycles. The lowest BCUT2D eigenvalue weighted by Crippen LogP contribution is -2.42. The van der Waals surface area contributed by atoms with E-state index in [9.17, 15) is 9.59 Å². The fourth-order valence-electron chi connectivity index (χ4n) is 2.33. The fraction of sp³-hybridized carbons (Fsp3) is 0.467. The molecule has 20 heavy (non-hydrogen) atoms.